The minimum atomic E-state index is 0.411. The van der Waals surface area contributed by atoms with Crippen molar-refractivity contribution >= 4 is 39.7 Å². The van der Waals surface area contributed by atoms with Crippen LogP contribution in [0.3, 0.4) is 0 Å². The fourth-order valence-electron chi connectivity index (χ4n) is 2.32. The van der Waals surface area contributed by atoms with Crippen LogP contribution in [-0.2, 0) is 6.42 Å². The molecule has 0 N–H and O–H groups in total. The molecule has 3 nitrogen and oxygen atoms in total. The first-order chi connectivity index (χ1) is 8.27. The van der Waals surface area contributed by atoms with Crippen LogP contribution >= 0.6 is 33.9 Å². The van der Waals surface area contributed by atoms with Crippen molar-refractivity contribution in [2.45, 2.75) is 19.4 Å². The summed E-state index contributed by atoms with van der Waals surface area (Å²) in [6.07, 6.45) is 4.63. The van der Waals surface area contributed by atoms with Crippen LogP contribution in [0.25, 0.3) is 0 Å². The molecule has 1 unspecified atom stereocenters. The van der Waals surface area contributed by atoms with Crippen LogP contribution in [0, 0.1) is 3.57 Å². The number of hydrogen-bond acceptors (Lipinski definition) is 4. The highest BCUT2D eigenvalue weighted by molar-refractivity contribution is 14.1. The zero-order valence-corrected chi connectivity index (χ0v) is 12.4. The molecule has 0 spiro atoms. The zero-order chi connectivity index (χ0) is 11.8. The van der Waals surface area contributed by atoms with Crippen LogP contribution in [0.1, 0.15) is 23.4 Å². The quantitative estimate of drug-likeness (QED) is 0.734. The molecule has 0 saturated carbocycles. The molecule has 88 valence electrons. The molecular formula is C12H12IN3S. The van der Waals surface area contributed by atoms with Gasteiger partial charge in [0, 0.05) is 17.6 Å². The predicted molar refractivity (Wildman–Crippen MR) is 78.5 cm³/mol. The average molecular weight is 357 g/mol. The second-order valence-corrected chi connectivity index (χ2v) is 6.28. The van der Waals surface area contributed by atoms with E-state index in [0.29, 0.717) is 6.04 Å². The standard InChI is InChI=1S/C12H12IN3S/c1-8-9-3-5-17-11(9)2-4-16(8)12-10(13)6-14-7-15-12/h3,5-8H,2,4H2,1H3. The lowest BCUT2D eigenvalue weighted by Gasteiger charge is -2.34. The van der Waals surface area contributed by atoms with Crippen LogP contribution in [-0.4, -0.2) is 16.5 Å². The summed E-state index contributed by atoms with van der Waals surface area (Å²) in [5, 5.41) is 2.19. The van der Waals surface area contributed by atoms with Gasteiger partial charge in [-0.1, -0.05) is 0 Å². The Morgan fingerprint density at radius 2 is 2.41 bits per heavy atom. The maximum Gasteiger partial charge on any atom is 0.145 e. The smallest absolute Gasteiger partial charge is 0.145 e. The van der Waals surface area contributed by atoms with Crippen LogP contribution in [0.4, 0.5) is 5.82 Å². The Bertz CT molecular complexity index is 540. The molecule has 2 aromatic heterocycles. The fourth-order valence-corrected chi connectivity index (χ4v) is 3.89. The molecule has 0 radical (unpaired) electrons. The number of nitrogens with zero attached hydrogens (tertiary/aromatic N) is 3. The highest BCUT2D eigenvalue weighted by atomic mass is 127. The third-order valence-corrected chi connectivity index (χ3v) is 4.95. The van der Waals surface area contributed by atoms with E-state index in [1.165, 1.54) is 10.4 Å². The number of rotatable bonds is 1. The van der Waals surface area contributed by atoms with Gasteiger partial charge in [0.15, 0.2) is 0 Å². The zero-order valence-electron chi connectivity index (χ0n) is 9.43. The van der Waals surface area contributed by atoms with E-state index >= 15 is 0 Å². The van der Waals surface area contributed by atoms with E-state index < -0.39 is 0 Å². The minimum Gasteiger partial charge on any atom is -0.348 e. The van der Waals surface area contributed by atoms with E-state index in [1.807, 2.05) is 17.5 Å². The third-order valence-electron chi connectivity index (χ3n) is 3.20. The number of fused-ring (bicyclic) bond motifs is 1. The summed E-state index contributed by atoms with van der Waals surface area (Å²) in [5.74, 6) is 1.06. The molecule has 2 aromatic rings. The van der Waals surface area contributed by atoms with E-state index in [-0.39, 0.29) is 0 Å². The summed E-state index contributed by atoms with van der Waals surface area (Å²) in [7, 11) is 0. The Morgan fingerprint density at radius 1 is 1.53 bits per heavy atom. The number of aromatic nitrogens is 2. The predicted octanol–water partition coefficient (Wildman–Crippen LogP) is 3.27. The van der Waals surface area contributed by atoms with E-state index in [2.05, 4.69) is 55.8 Å². The summed E-state index contributed by atoms with van der Waals surface area (Å²) in [4.78, 5) is 12.4. The molecule has 0 aromatic carbocycles. The molecule has 0 aliphatic carbocycles. The number of thiophene rings is 1. The van der Waals surface area contributed by atoms with Gasteiger partial charge in [-0.25, -0.2) is 9.97 Å². The molecule has 1 aliphatic rings. The molecule has 3 heterocycles. The molecule has 3 rings (SSSR count). The van der Waals surface area contributed by atoms with E-state index in [9.17, 15) is 0 Å². The Hall–Kier alpha value is -0.690. The number of anilines is 1. The summed E-state index contributed by atoms with van der Waals surface area (Å²) in [6.45, 7) is 3.30. The van der Waals surface area contributed by atoms with Gasteiger partial charge >= 0.3 is 0 Å². The third kappa shape index (κ3) is 1.95. The summed E-state index contributed by atoms with van der Waals surface area (Å²) < 4.78 is 1.12. The molecule has 0 bridgehead atoms. The summed E-state index contributed by atoms with van der Waals surface area (Å²) in [6, 6.07) is 2.65. The average Bonchev–Trinajstić information content (AvgIpc) is 2.80. The monoisotopic (exact) mass is 357 g/mol. The first kappa shape index (κ1) is 11.4. The maximum atomic E-state index is 4.42. The van der Waals surface area contributed by atoms with Crippen molar-refractivity contribution in [3.8, 4) is 0 Å². The lowest BCUT2D eigenvalue weighted by molar-refractivity contribution is 0.622. The van der Waals surface area contributed by atoms with Crippen LogP contribution in [0.2, 0.25) is 0 Å². The summed E-state index contributed by atoms with van der Waals surface area (Å²) >= 11 is 4.18. The van der Waals surface area contributed by atoms with Crippen molar-refractivity contribution in [2.24, 2.45) is 0 Å². The van der Waals surface area contributed by atoms with Crippen LogP contribution in [0.15, 0.2) is 24.0 Å². The molecule has 0 fully saturated rings. The van der Waals surface area contributed by atoms with Crippen molar-refractivity contribution in [3.05, 3.63) is 38.0 Å². The molecule has 5 heteroatoms. The maximum absolute atomic E-state index is 4.42. The Kier molecular flexibility index (Phi) is 3.04. The molecule has 0 saturated heterocycles. The van der Waals surface area contributed by atoms with Gasteiger partial charge in [0.2, 0.25) is 0 Å². The van der Waals surface area contributed by atoms with Crippen molar-refractivity contribution in [1.29, 1.82) is 0 Å². The number of hydrogen-bond donors (Lipinski definition) is 0. The molecule has 0 amide bonds. The van der Waals surface area contributed by atoms with E-state index in [1.54, 1.807) is 6.33 Å². The van der Waals surface area contributed by atoms with E-state index in [4.69, 9.17) is 0 Å². The van der Waals surface area contributed by atoms with Crippen LogP contribution in [0.5, 0.6) is 0 Å². The molecule has 1 atom stereocenters. The van der Waals surface area contributed by atoms with Crippen molar-refractivity contribution in [2.75, 3.05) is 11.4 Å². The van der Waals surface area contributed by atoms with Gasteiger partial charge in [0.1, 0.15) is 12.1 Å². The topological polar surface area (TPSA) is 29.0 Å². The fraction of sp³-hybridized carbons (Fsp3) is 0.333. The Labute approximate surface area is 118 Å². The normalized spacial score (nSPS) is 19.2. The largest absolute Gasteiger partial charge is 0.348 e. The lowest BCUT2D eigenvalue weighted by Crippen LogP contribution is -2.34. The molecular weight excluding hydrogens is 345 g/mol. The van der Waals surface area contributed by atoms with Crippen LogP contribution < -0.4 is 4.90 Å². The van der Waals surface area contributed by atoms with Gasteiger partial charge in [-0.05, 0) is 52.9 Å². The summed E-state index contributed by atoms with van der Waals surface area (Å²) in [5.41, 5.74) is 1.45. The van der Waals surface area contributed by atoms with Gasteiger partial charge in [-0.15, -0.1) is 11.3 Å². The van der Waals surface area contributed by atoms with Gasteiger partial charge in [-0.3, -0.25) is 0 Å². The lowest BCUT2D eigenvalue weighted by atomic mass is 10.0. The highest BCUT2D eigenvalue weighted by Crippen LogP contribution is 2.36. The molecule has 1 aliphatic heterocycles. The van der Waals surface area contributed by atoms with Crippen molar-refractivity contribution in [3.63, 3.8) is 0 Å². The van der Waals surface area contributed by atoms with E-state index in [0.717, 1.165) is 22.4 Å². The van der Waals surface area contributed by atoms with Crippen molar-refractivity contribution < 1.29 is 0 Å². The Morgan fingerprint density at radius 3 is 3.24 bits per heavy atom. The van der Waals surface area contributed by atoms with Gasteiger partial charge < -0.3 is 4.90 Å². The van der Waals surface area contributed by atoms with Gasteiger partial charge in [-0.2, -0.15) is 0 Å². The SMILES string of the molecule is CC1c2ccsc2CCN1c1ncncc1I. The first-order valence-corrected chi connectivity index (χ1v) is 7.51. The molecule has 17 heavy (non-hydrogen) atoms. The Balaban J connectivity index is 2.00. The van der Waals surface area contributed by atoms with Gasteiger partial charge in [0.25, 0.3) is 0 Å². The number of halogens is 1. The first-order valence-electron chi connectivity index (χ1n) is 5.56. The minimum absolute atomic E-state index is 0.411. The second-order valence-electron chi connectivity index (χ2n) is 4.11. The van der Waals surface area contributed by atoms with Gasteiger partial charge in [0.05, 0.1) is 9.61 Å². The highest BCUT2D eigenvalue weighted by Gasteiger charge is 2.26. The second kappa shape index (κ2) is 4.53. The van der Waals surface area contributed by atoms with Crippen molar-refractivity contribution in [1.82, 2.24) is 9.97 Å².